The molecule has 5 heteroatoms. The molecular weight excluding hydrogens is 284 g/mol. The monoisotopic (exact) mass is 300 g/mol. The molecule has 0 saturated heterocycles. The summed E-state index contributed by atoms with van der Waals surface area (Å²) in [4.78, 5) is 5.51. The van der Waals surface area contributed by atoms with Crippen molar-refractivity contribution in [2.75, 3.05) is 6.61 Å². The number of ether oxygens (including phenoxy) is 1. The van der Waals surface area contributed by atoms with Crippen LogP contribution in [-0.2, 0) is 12.8 Å². The van der Waals surface area contributed by atoms with Gasteiger partial charge in [-0.25, -0.2) is 4.98 Å². The number of aliphatic hydroxyl groups is 1. The second-order valence-electron chi connectivity index (χ2n) is 5.48. The molecule has 0 aliphatic carbocycles. The molecule has 4 nitrogen and oxygen atoms in total. The number of para-hydroxylation sites is 1. The van der Waals surface area contributed by atoms with Crippen LogP contribution < -0.4 is 4.74 Å². The van der Waals surface area contributed by atoms with Crippen LogP contribution in [0.25, 0.3) is 4.96 Å². The Balaban J connectivity index is 1.48. The lowest BCUT2D eigenvalue weighted by Crippen LogP contribution is -2.33. The molecule has 108 valence electrons. The van der Waals surface area contributed by atoms with Gasteiger partial charge >= 0.3 is 0 Å². The Morgan fingerprint density at radius 2 is 2.33 bits per heavy atom. The van der Waals surface area contributed by atoms with Crippen LogP contribution in [0.5, 0.6) is 5.75 Å². The molecule has 0 bridgehead atoms. The lowest BCUT2D eigenvalue weighted by Gasteiger charge is -2.28. The third kappa shape index (κ3) is 2.43. The van der Waals surface area contributed by atoms with Crippen molar-refractivity contribution in [3.63, 3.8) is 0 Å². The van der Waals surface area contributed by atoms with E-state index in [9.17, 15) is 5.11 Å². The number of hydrogen-bond acceptors (Lipinski definition) is 4. The number of rotatable bonds is 3. The fourth-order valence-corrected chi connectivity index (χ4v) is 3.57. The van der Waals surface area contributed by atoms with Crippen molar-refractivity contribution < 1.29 is 9.84 Å². The smallest absolute Gasteiger partial charge is 0.193 e. The van der Waals surface area contributed by atoms with E-state index in [0.717, 1.165) is 22.8 Å². The topological polar surface area (TPSA) is 46.8 Å². The van der Waals surface area contributed by atoms with Crippen molar-refractivity contribution in [2.45, 2.75) is 18.9 Å². The first-order valence-electron chi connectivity index (χ1n) is 7.09. The third-order valence-electron chi connectivity index (χ3n) is 4.01. The molecule has 2 unspecified atom stereocenters. The Kier molecular flexibility index (Phi) is 3.16. The standard InChI is InChI=1S/C16H16N2O2S/c19-14(8-13-9-18-5-6-21-16(18)17-13)12-7-11-3-1-2-4-15(11)20-10-12/h1-6,9,12,14,19H,7-8,10H2. The molecule has 2 atom stereocenters. The molecule has 3 aromatic rings. The van der Waals surface area contributed by atoms with E-state index < -0.39 is 6.10 Å². The van der Waals surface area contributed by atoms with E-state index in [1.165, 1.54) is 5.56 Å². The Morgan fingerprint density at radius 3 is 3.24 bits per heavy atom. The van der Waals surface area contributed by atoms with Gasteiger partial charge in [-0.15, -0.1) is 11.3 Å². The molecule has 1 aliphatic rings. The minimum absolute atomic E-state index is 0.125. The summed E-state index contributed by atoms with van der Waals surface area (Å²) in [6.07, 6.45) is 4.99. The average molecular weight is 300 g/mol. The van der Waals surface area contributed by atoms with Gasteiger partial charge in [0.05, 0.1) is 18.4 Å². The third-order valence-corrected chi connectivity index (χ3v) is 4.78. The number of aliphatic hydroxyl groups excluding tert-OH is 1. The summed E-state index contributed by atoms with van der Waals surface area (Å²) in [5.41, 5.74) is 2.12. The summed E-state index contributed by atoms with van der Waals surface area (Å²) in [7, 11) is 0. The molecule has 0 amide bonds. The van der Waals surface area contributed by atoms with Gasteiger partial charge in [0.2, 0.25) is 0 Å². The summed E-state index contributed by atoms with van der Waals surface area (Å²) in [5.74, 6) is 1.07. The van der Waals surface area contributed by atoms with E-state index in [0.29, 0.717) is 13.0 Å². The van der Waals surface area contributed by atoms with Crippen LogP contribution in [0.4, 0.5) is 0 Å². The molecule has 4 rings (SSSR count). The minimum atomic E-state index is -0.428. The van der Waals surface area contributed by atoms with E-state index in [2.05, 4.69) is 11.1 Å². The molecule has 1 N–H and O–H groups in total. The van der Waals surface area contributed by atoms with Gasteiger partial charge in [-0.2, -0.15) is 0 Å². The second-order valence-corrected chi connectivity index (χ2v) is 6.35. The van der Waals surface area contributed by atoms with E-state index in [-0.39, 0.29) is 5.92 Å². The summed E-state index contributed by atoms with van der Waals surface area (Å²) in [6.45, 7) is 0.570. The molecule has 3 heterocycles. The first-order chi connectivity index (χ1) is 10.3. The lowest BCUT2D eigenvalue weighted by atomic mass is 9.90. The van der Waals surface area contributed by atoms with Crippen LogP contribution in [0, 0.1) is 5.92 Å². The predicted octanol–water partition coefficient (Wildman–Crippen LogP) is 2.55. The van der Waals surface area contributed by atoms with Crippen molar-refractivity contribution >= 4 is 16.3 Å². The molecule has 21 heavy (non-hydrogen) atoms. The van der Waals surface area contributed by atoms with Crippen LogP contribution in [0.3, 0.4) is 0 Å². The molecule has 1 aromatic carbocycles. The van der Waals surface area contributed by atoms with Crippen molar-refractivity contribution in [3.05, 3.63) is 53.3 Å². The Morgan fingerprint density at radius 1 is 1.43 bits per heavy atom. The van der Waals surface area contributed by atoms with Crippen molar-refractivity contribution in [1.29, 1.82) is 0 Å². The minimum Gasteiger partial charge on any atom is -0.493 e. The van der Waals surface area contributed by atoms with Crippen LogP contribution in [0.1, 0.15) is 11.3 Å². The second kappa shape index (κ2) is 5.16. The highest BCUT2D eigenvalue weighted by atomic mass is 32.1. The maximum Gasteiger partial charge on any atom is 0.193 e. The van der Waals surface area contributed by atoms with E-state index in [4.69, 9.17) is 4.74 Å². The van der Waals surface area contributed by atoms with Crippen molar-refractivity contribution in [3.8, 4) is 5.75 Å². The molecule has 2 aromatic heterocycles. The first-order valence-corrected chi connectivity index (χ1v) is 7.97. The lowest BCUT2D eigenvalue weighted by molar-refractivity contribution is 0.0647. The Bertz CT molecular complexity index is 736. The van der Waals surface area contributed by atoms with Gasteiger partial charge in [0.25, 0.3) is 0 Å². The number of thiazole rings is 1. The van der Waals surface area contributed by atoms with Crippen LogP contribution >= 0.6 is 11.3 Å². The summed E-state index contributed by atoms with van der Waals surface area (Å²) in [6, 6.07) is 8.05. The quantitative estimate of drug-likeness (QED) is 0.808. The van der Waals surface area contributed by atoms with Gasteiger partial charge in [-0.1, -0.05) is 18.2 Å². The molecule has 0 saturated carbocycles. The van der Waals surface area contributed by atoms with Crippen LogP contribution in [0.15, 0.2) is 42.0 Å². The summed E-state index contributed by atoms with van der Waals surface area (Å²) >= 11 is 1.61. The van der Waals surface area contributed by atoms with Crippen molar-refractivity contribution in [2.24, 2.45) is 5.92 Å². The zero-order valence-electron chi connectivity index (χ0n) is 11.5. The maximum atomic E-state index is 10.5. The highest BCUT2D eigenvalue weighted by Gasteiger charge is 2.26. The van der Waals surface area contributed by atoms with Crippen molar-refractivity contribution in [1.82, 2.24) is 9.38 Å². The molecular formula is C16H16N2O2S. The number of hydrogen-bond donors (Lipinski definition) is 1. The predicted molar refractivity (Wildman–Crippen MR) is 81.9 cm³/mol. The fraction of sp³-hybridized carbons (Fsp3) is 0.312. The number of benzene rings is 1. The number of aromatic nitrogens is 2. The van der Waals surface area contributed by atoms with Gasteiger partial charge in [-0.05, 0) is 18.1 Å². The highest BCUT2D eigenvalue weighted by molar-refractivity contribution is 7.15. The number of nitrogens with zero attached hydrogens (tertiary/aromatic N) is 2. The van der Waals surface area contributed by atoms with Gasteiger partial charge in [0.15, 0.2) is 4.96 Å². The molecule has 0 spiro atoms. The number of imidazole rings is 1. The maximum absolute atomic E-state index is 10.5. The van der Waals surface area contributed by atoms with Crippen LogP contribution in [-0.4, -0.2) is 27.2 Å². The highest BCUT2D eigenvalue weighted by Crippen LogP contribution is 2.29. The summed E-state index contributed by atoms with van der Waals surface area (Å²) < 4.78 is 7.75. The largest absolute Gasteiger partial charge is 0.493 e. The first kappa shape index (κ1) is 12.9. The van der Waals surface area contributed by atoms with E-state index >= 15 is 0 Å². The Hall–Kier alpha value is -1.85. The fourth-order valence-electron chi connectivity index (χ4n) is 2.85. The molecule has 0 fully saturated rings. The van der Waals surface area contributed by atoms with Gasteiger partial charge < -0.3 is 9.84 Å². The van der Waals surface area contributed by atoms with E-state index in [1.807, 2.05) is 40.4 Å². The van der Waals surface area contributed by atoms with Gasteiger partial charge in [0.1, 0.15) is 5.75 Å². The summed E-state index contributed by atoms with van der Waals surface area (Å²) in [5, 5.41) is 12.5. The zero-order valence-corrected chi connectivity index (χ0v) is 12.3. The number of fused-ring (bicyclic) bond motifs is 2. The average Bonchev–Trinajstić information content (AvgIpc) is 3.08. The normalized spacial score (nSPS) is 19.2. The SMILES string of the molecule is OC(Cc1cn2ccsc2n1)C1COc2ccccc2C1. The van der Waals surface area contributed by atoms with Crippen LogP contribution in [0.2, 0.25) is 0 Å². The van der Waals surface area contributed by atoms with Gasteiger partial charge in [0, 0.05) is 30.1 Å². The molecule has 0 radical (unpaired) electrons. The van der Waals surface area contributed by atoms with E-state index in [1.54, 1.807) is 11.3 Å². The molecule has 1 aliphatic heterocycles. The van der Waals surface area contributed by atoms with Gasteiger partial charge in [-0.3, -0.25) is 4.40 Å². The Labute approximate surface area is 126 Å². The zero-order chi connectivity index (χ0) is 14.2.